The fourth-order valence-corrected chi connectivity index (χ4v) is 4.60. The molecule has 4 aromatic rings. The summed E-state index contributed by atoms with van der Waals surface area (Å²) in [7, 11) is 0. The Hall–Kier alpha value is -3.35. The van der Waals surface area contributed by atoms with Crippen molar-refractivity contribution in [3.63, 3.8) is 0 Å². The molecular formula is C26H17BrClNO4. The van der Waals surface area contributed by atoms with Crippen LogP contribution < -0.4 is 15.1 Å². The van der Waals surface area contributed by atoms with E-state index in [1.54, 1.807) is 65.6 Å². The number of anilines is 1. The van der Waals surface area contributed by atoms with E-state index in [1.165, 1.54) is 0 Å². The van der Waals surface area contributed by atoms with Crippen LogP contribution in [0.2, 0.25) is 5.02 Å². The number of hydrogen-bond acceptors (Lipinski definition) is 4. The fraction of sp³-hybridized carbons (Fsp3) is 0.0769. The van der Waals surface area contributed by atoms with Gasteiger partial charge in [-0.05, 0) is 54.1 Å². The van der Waals surface area contributed by atoms with E-state index in [9.17, 15) is 9.59 Å². The van der Waals surface area contributed by atoms with E-state index in [-0.39, 0.29) is 11.2 Å². The lowest BCUT2D eigenvalue weighted by molar-refractivity contribution is 0.0971. The lowest BCUT2D eigenvalue weighted by Gasteiger charge is -2.25. The highest BCUT2D eigenvalue weighted by Gasteiger charge is 2.43. The van der Waals surface area contributed by atoms with Crippen molar-refractivity contribution in [3.8, 4) is 5.75 Å². The van der Waals surface area contributed by atoms with E-state index in [2.05, 4.69) is 22.5 Å². The molecule has 0 fully saturated rings. The summed E-state index contributed by atoms with van der Waals surface area (Å²) < 4.78 is 12.3. The minimum absolute atomic E-state index is 0.0341. The second kappa shape index (κ2) is 8.54. The van der Waals surface area contributed by atoms with Crippen molar-refractivity contribution in [2.45, 2.75) is 6.04 Å². The van der Waals surface area contributed by atoms with Gasteiger partial charge in [0.05, 0.1) is 17.0 Å². The summed E-state index contributed by atoms with van der Waals surface area (Å²) in [5.74, 6) is 0.296. The van der Waals surface area contributed by atoms with Gasteiger partial charge in [-0.25, -0.2) is 0 Å². The molecule has 2 heterocycles. The van der Waals surface area contributed by atoms with Crippen LogP contribution in [-0.4, -0.2) is 12.5 Å². The minimum atomic E-state index is -0.681. The summed E-state index contributed by atoms with van der Waals surface area (Å²) >= 11 is 9.64. The molecule has 1 aromatic heterocycles. The van der Waals surface area contributed by atoms with Crippen molar-refractivity contribution in [2.24, 2.45) is 0 Å². The van der Waals surface area contributed by atoms with E-state index in [1.807, 2.05) is 12.1 Å². The van der Waals surface area contributed by atoms with Gasteiger partial charge in [-0.15, -0.1) is 0 Å². The molecule has 0 radical (unpaired) electrons. The first kappa shape index (κ1) is 21.5. The molecule has 0 spiro atoms. The monoisotopic (exact) mass is 521 g/mol. The standard InChI is InChI=1S/C26H17BrClNO4/c1-2-12-32-19-9-6-15(7-10-19)23-22-24(30)20-13-16(27)8-11-21(20)33-25(22)26(31)29(23)18-5-3-4-17(28)14-18/h2-11,13-14,23H,1,12H2. The number of hydrogen-bond donors (Lipinski definition) is 0. The quantitative estimate of drug-likeness (QED) is 0.280. The normalized spacial score (nSPS) is 15.0. The van der Waals surface area contributed by atoms with E-state index in [0.29, 0.717) is 39.6 Å². The maximum Gasteiger partial charge on any atom is 0.295 e. The molecule has 0 N–H and O–H groups in total. The summed E-state index contributed by atoms with van der Waals surface area (Å²) in [4.78, 5) is 28.8. The minimum Gasteiger partial charge on any atom is -0.490 e. The maximum atomic E-state index is 13.6. The third-order valence-electron chi connectivity index (χ3n) is 5.48. The van der Waals surface area contributed by atoms with Crippen LogP contribution in [0, 0.1) is 0 Å². The lowest BCUT2D eigenvalue weighted by atomic mass is 9.98. The van der Waals surface area contributed by atoms with Gasteiger partial charge in [0, 0.05) is 15.2 Å². The van der Waals surface area contributed by atoms with Gasteiger partial charge in [0.2, 0.25) is 5.76 Å². The van der Waals surface area contributed by atoms with Crippen molar-refractivity contribution < 1.29 is 13.9 Å². The zero-order valence-corrected chi connectivity index (χ0v) is 19.6. The van der Waals surface area contributed by atoms with Gasteiger partial charge in [-0.3, -0.25) is 14.5 Å². The SMILES string of the molecule is C=CCOc1ccc(C2c3c(oc4ccc(Br)cc4c3=O)C(=O)N2c2cccc(Cl)c2)cc1. The van der Waals surface area contributed by atoms with Crippen LogP contribution in [-0.2, 0) is 0 Å². The lowest BCUT2D eigenvalue weighted by Crippen LogP contribution is -2.29. The van der Waals surface area contributed by atoms with Crippen molar-refractivity contribution in [1.29, 1.82) is 0 Å². The van der Waals surface area contributed by atoms with Gasteiger partial charge in [0.1, 0.15) is 17.9 Å². The smallest absolute Gasteiger partial charge is 0.295 e. The Bertz CT molecular complexity index is 1460. The molecule has 1 amide bonds. The van der Waals surface area contributed by atoms with E-state index >= 15 is 0 Å². The molecule has 1 aliphatic rings. The van der Waals surface area contributed by atoms with Crippen molar-refractivity contribution in [1.82, 2.24) is 0 Å². The maximum absolute atomic E-state index is 13.6. The Morgan fingerprint density at radius 1 is 1.09 bits per heavy atom. The average Bonchev–Trinajstić information content (AvgIpc) is 3.11. The number of nitrogens with zero attached hydrogens (tertiary/aromatic N) is 1. The van der Waals surface area contributed by atoms with Gasteiger partial charge in [-0.1, -0.05) is 58.4 Å². The first-order valence-electron chi connectivity index (χ1n) is 10.2. The van der Waals surface area contributed by atoms with Gasteiger partial charge in [0.25, 0.3) is 5.91 Å². The zero-order valence-electron chi connectivity index (χ0n) is 17.3. The summed E-state index contributed by atoms with van der Waals surface area (Å²) in [6, 6.07) is 18.7. The van der Waals surface area contributed by atoms with Crippen molar-refractivity contribution >= 4 is 50.1 Å². The Balaban J connectivity index is 1.73. The van der Waals surface area contributed by atoms with Crippen LogP contribution in [0.15, 0.2) is 93.1 Å². The molecule has 0 saturated carbocycles. The molecular weight excluding hydrogens is 506 g/mol. The fourth-order valence-electron chi connectivity index (χ4n) is 4.05. The predicted octanol–water partition coefficient (Wildman–Crippen LogP) is 6.52. The Labute approximate surface area is 203 Å². The molecule has 3 aromatic carbocycles. The molecule has 7 heteroatoms. The van der Waals surface area contributed by atoms with Crippen LogP contribution in [0.5, 0.6) is 5.75 Å². The number of ether oxygens (including phenoxy) is 1. The third kappa shape index (κ3) is 3.75. The number of fused-ring (bicyclic) bond motifs is 2. The number of amides is 1. The van der Waals surface area contributed by atoms with Crippen LogP contribution in [0.25, 0.3) is 11.0 Å². The van der Waals surface area contributed by atoms with Crippen molar-refractivity contribution in [2.75, 3.05) is 11.5 Å². The van der Waals surface area contributed by atoms with Gasteiger partial charge in [0.15, 0.2) is 5.43 Å². The van der Waals surface area contributed by atoms with Crippen LogP contribution >= 0.6 is 27.5 Å². The highest BCUT2D eigenvalue weighted by atomic mass is 79.9. The molecule has 33 heavy (non-hydrogen) atoms. The molecule has 0 bridgehead atoms. The van der Waals surface area contributed by atoms with E-state index in [4.69, 9.17) is 20.8 Å². The Morgan fingerprint density at radius 3 is 2.61 bits per heavy atom. The number of carbonyl (C=O) groups is 1. The predicted molar refractivity (Wildman–Crippen MR) is 132 cm³/mol. The zero-order chi connectivity index (χ0) is 23.1. The number of halogens is 2. The molecule has 0 saturated heterocycles. The molecule has 0 aliphatic carbocycles. The Morgan fingerprint density at radius 2 is 1.88 bits per heavy atom. The van der Waals surface area contributed by atoms with Crippen molar-refractivity contribution in [3.05, 3.63) is 116 Å². The third-order valence-corrected chi connectivity index (χ3v) is 6.21. The van der Waals surface area contributed by atoms with E-state index in [0.717, 1.165) is 10.0 Å². The van der Waals surface area contributed by atoms with E-state index < -0.39 is 11.9 Å². The summed E-state index contributed by atoms with van der Waals surface area (Å²) in [5, 5.41) is 0.886. The number of rotatable bonds is 5. The summed E-state index contributed by atoms with van der Waals surface area (Å²) in [6.07, 6.45) is 1.66. The molecule has 164 valence electrons. The van der Waals surface area contributed by atoms with Gasteiger partial charge >= 0.3 is 0 Å². The van der Waals surface area contributed by atoms with Gasteiger partial charge < -0.3 is 9.15 Å². The average molecular weight is 523 g/mol. The van der Waals surface area contributed by atoms with Crippen LogP contribution in [0.4, 0.5) is 5.69 Å². The van der Waals surface area contributed by atoms with Crippen LogP contribution in [0.3, 0.4) is 0 Å². The molecule has 1 unspecified atom stereocenters. The topological polar surface area (TPSA) is 59.8 Å². The van der Waals surface area contributed by atoms with Gasteiger partial charge in [-0.2, -0.15) is 0 Å². The largest absolute Gasteiger partial charge is 0.490 e. The molecule has 5 nitrogen and oxygen atoms in total. The highest BCUT2D eigenvalue weighted by molar-refractivity contribution is 9.10. The second-order valence-electron chi connectivity index (χ2n) is 7.54. The van der Waals surface area contributed by atoms with Crippen LogP contribution in [0.1, 0.15) is 27.7 Å². The molecule has 1 atom stereocenters. The number of carbonyl (C=O) groups excluding carboxylic acids is 1. The summed E-state index contributed by atoms with van der Waals surface area (Å²) in [5.41, 5.74) is 1.72. The highest BCUT2D eigenvalue weighted by Crippen LogP contribution is 2.42. The molecule has 5 rings (SSSR count). The Kier molecular flexibility index (Phi) is 5.56. The second-order valence-corrected chi connectivity index (χ2v) is 8.89. The number of benzene rings is 3. The molecule has 1 aliphatic heterocycles. The first-order valence-corrected chi connectivity index (χ1v) is 11.3. The summed E-state index contributed by atoms with van der Waals surface area (Å²) in [6.45, 7) is 4.03. The first-order chi connectivity index (χ1) is 16.0.